The lowest BCUT2D eigenvalue weighted by atomic mass is 10.0. The zero-order valence-electron chi connectivity index (χ0n) is 15.4. The predicted octanol–water partition coefficient (Wildman–Crippen LogP) is 1.73. The summed E-state index contributed by atoms with van der Waals surface area (Å²) in [5.41, 5.74) is 0. The molecule has 142 valence electrons. The van der Waals surface area contributed by atoms with Crippen molar-refractivity contribution in [2.24, 2.45) is 0 Å². The molecule has 1 atom stereocenters. The van der Waals surface area contributed by atoms with Crippen molar-refractivity contribution >= 4 is 17.5 Å². The van der Waals surface area contributed by atoms with Crippen LogP contribution in [0.1, 0.15) is 44.9 Å². The normalized spacial score (nSPS) is 24.7. The zero-order valence-corrected chi connectivity index (χ0v) is 15.4. The number of hydrogen-bond acceptors (Lipinski definition) is 6. The average molecular weight is 359 g/mol. The lowest BCUT2D eigenvalue weighted by Crippen LogP contribution is -2.47. The third kappa shape index (κ3) is 4.09. The summed E-state index contributed by atoms with van der Waals surface area (Å²) < 4.78 is 5.46. The number of piperidine rings is 2. The number of carbonyl (C=O) groups is 1. The van der Waals surface area contributed by atoms with Gasteiger partial charge in [0.2, 0.25) is 5.91 Å². The van der Waals surface area contributed by atoms with Crippen molar-refractivity contribution in [1.29, 1.82) is 0 Å². The van der Waals surface area contributed by atoms with Crippen LogP contribution >= 0.6 is 0 Å². The van der Waals surface area contributed by atoms with Crippen LogP contribution < -0.4 is 15.1 Å². The first-order valence-electron chi connectivity index (χ1n) is 10.1. The van der Waals surface area contributed by atoms with Crippen molar-refractivity contribution in [2.75, 3.05) is 42.6 Å². The number of nitrogens with zero attached hydrogens (tertiary/aromatic N) is 4. The SMILES string of the molecule is O=C(NC1CCN(c2ccc(N3CCCCC3)nn2)CC1)C1CCCO1. The van der Waals surface area contributed by atoms with Crippen molar-refractivity contribution < 1.29 is 9.53 Å². The molecule has 1 aromatic heterocycles. The molecule has 0 bridgehead atoms. The molecule has 3 aliphatic heterocycles. The minimum atomic E-state index is -0.235. The second-order valence-electron chi connectivity index (χ2n) is 7.57. The van der Waals surface area contributed by atoms with Crippen LogP contribution in [0.2, 0.25) is 0 Å². The fourth-order valence-corrected chi connectivity index (χ4v) is 4.11. The lowest BCUT2D eigenvalue weighted by molar-refractivity contribution is -0.130. The largest absolute Gasteiger partial charge is 0.368 e. The highest BCUT2D eigenvalue weighted by molar-refractivity contribution is 5.81. The first kappa shape index (κ1) is 17.5. The Bertz CT molecular complexity index is 588. The minimum absolute atomic E-state index is 0.0617. The van der Waals surface area contributed by atoms with Crippen LogP contribution in [-0.4, -0.2) is 61.0 Å². The topological polar surface area (TPSA) is 70.6 Å². The molecular weight excluding hydrogens is 330 g/mol. The summed E-state index contributed by atoms with van der Waals surface area (Å²) in [4.78, 5) is 16.8. The van der Waals surface area contributed by atoms with Crippen LogP contribution in [0.25, 0.3) is 0 Å². The number of nitrogens with one attached hydrogen (secondary N) is 1. The van der Waals surface area contributed by atoms with Gasteiger partial charge >= 0.3 is 0 Å². The third-order valence-electron chi connectivity index (χ3n) is 5.70. The van der Waals surface area contributed by atoms with Crippen LogP contribution in [0.3, 0.4) is 0 Å². The average Bonchev–Trinajstić information content (AvgIpc) is 3.25. The first-order chi connectivity index (χ1) is 12.8. The van der Waals surface area contributed by atoms with Gasteiger partial charge < -0.3 is 19.9 Å². The van der Waals surface area contributed by atoms with Gasteiger partial charge in [-0.2, -0.15) is 0 Å². The highest BCUT2D eigenvalue weighted by Gasteiger charge is 2.27. The summed E-state index contributed by atoms with van der Waals surface area (Å²) in [7, 11) is 0. The molecule has 1 amide bonds. The van der Waals surface area contributed by atoms with Gasteiger partial charge in [-0.1, -0.05) is 0 Å². The maximum Gasteiger partial charge on any atom is 0.249 e. The molecule has 1 unspecified atom stereocenters. The van der Waals surface area contributed by atoms with Crippen molar-refractivity contribution in [3.63, 3.8) is 0 Å². The van der Waals surface area contributed by atoms with Gasteiger partial charge in [0.25, 0.3) is 0 Å². The molecule has 1 aromatic rings. The molecule has 7 heteroatoms. The molecule has 0 aromatic carbocycles. The molecule has 1 N–H and O–H groups in total. The van der Waals surface area contributed by atoms with Crippen LogP contribution in [-0.2, 0) is 9.53 Å². The molecular formula is C19H29N5O2. The van der Waals surface area contributed by atoms with Gasteiger partial charge in [-0.25, -0.2) is 0 Å². The van der Waals surface area contributed by atoms with Crippen LogP contribution in [0, 0.1) is 0 Å². The van der Waals surface area contributed by atoms with Crippen LogP contribution in [0.5, 0.6) is 0 Å². The Morgan fingerprint density at radius 3 is 2.15 bits per heavy atom. The van der Waals surface area contributed by atoms with E-state index in [1.54, 1.807) is 0 Å². The van der Waals surface area contributed by atoms with E-state index >= 15 is 0 Å². The molecule has 0 aliphatic carbocycles. The van der Waals surface area contributed by atoms with E-state index in [-0.39, 0.29) is 18.1 Å². The molecule has 3 fully saturated rings. The van der Waals surface area contributed by atoms with Crippen molar-refractivity contribution in [3.8, 4) is 0 Å². The number of carbonyl (C=O) groups excluding carboxylic acids is 1. The van der Waals surface area contributed by atoms with E-state index in [0.717, 1.165) is 63.5 Å². The fraction of sp³-hybridized carbons (Fsp3) is 0.737. The molecule has 3 aliphatic rings. The Kier molecular flexibility index (Phi) is 5.53. The van der Waals surface area contributed by atoms with E-state index < -0.39 is 0 Å². The number of hydrogen-bond donors (Lipinski definition) is 1. The Morgan fingerprint density at radius 2 is 1.58 bits per heavy atom. The van der Waals surface area contributed by atoms with Gasteiger partial charge in [-0.05, 0) is 57.1 Å². The summed E-state index contributed by atoms with van der Waals surface area (Å²) >= 11 is 0. The molecule has 0 saturated carbocycles. The van der Waals surface area contributed by atoms with Gasteiger partial charge in [-0.15, -0.1) is 10.2 Å². The third-order valence-corrected chi connectivity index (χ3v) is 5.70. The molecule has 0 spiro atoms. The smallest absolute Gasteiger partial charge is 0.249 e. The van der Waals surface area contributed by atoms with Gasteiger partial charge in [0, 0.05) is 38.8 Å². The maximum absolute atomic E-state index is 12.2. The van der Waals surface area contributed by atoms with Gasteiger partial charge in [-0.3, -0.25) is 4.79 Å². The monoisotopic (exact) mass is 359 g/mol. The second kappa shape index (κ2) is 8.20. The van der Waals surface area contributed by atoms with Crippen LogP contribution in [0.15, 0.2) is 12.1 Å². The molecule has 3 saturated heterocycles. The van der Waals surface area contributed by atoms with E-state index in [4.69, 9.17) is 4.74 Å². The molecule has 7 nitrogen and oxygen atoms in total. The highest BCUT2D eigenvalue weighted by Crippen LogP contribution is 2.22. The van der Waals surface area contributed by atoms with Crippen LogP contribution in [0.4, 0.5) is 11.6 Å². The standard InChI is InChI=1S/C19H29N5O2/c25-19(16-5-4-14-26-16)20-15-8-12-24(13-9-15)18-7-6-17(21-22-18)23-10-2-1-3-11-23/h6-7,15-16H,1-5,8-14H2,(H,20,25). The molecule has 4 heterocycles. The summed E-state index contributed by atoms with van der Waals surface area (Å²) in [6.07, 6.45) is 7.29. The predicted molar refractivity (Wildman–Crippen MR) is 100 cm³/mol. The first-order valence-corrected chi connectivity index (χ1v) is 10.1. The van der Waals surface area contributed by atoms with Crippen molar-refractivity contribution in [3.05, 3.63) is 12.1 Å². The molecule has 4 rings (SSSR count). The van der Waals surface area contributed by atoms with Gasteiger partial charge in [0.1, 0.15) is 6.10 Å². The maximum atomic E-state index is 12.2. The van der Waals surface area contributed by atoms with Crippen molar-refractivity contribution in [1.82, 2.24) is 15.5 Å². The molecule has 0 radical (unpaired) electrons. The van der Waals surface area contributed by atoms with E-state index in [0.29, 0.717) is 6.61 Å². The van der Waals surface area contributed by atoms with E-state index in [9.17, 15) is 4.79 Å². The Balaban J connectivity index is 1.26. The minimum Gasteiger partial charge on any atom is -0.368 e. The molecule has 26 heavy (non-hydrogen) atoms. The van der Waals surface area contributed by atoms with E-state index in [1.165, 1.54) is 19.3 Å². The summed E-state index contributed by atoms with van der Waals surface area (Å²) in [5.74, 6) is 1.99. The summed E-state index contributed by atoms with van der Waals surface area (Å²) in [5, 5.41) is 12.1. The van der Waals surface area contributed by atoms with E-state index in [1.807, 2.05) is 0 Å². The Labute approximate surface area is 155 Å². The number of amides is 1. The van der Waals surface area contributed by atoms with Gasteiger partial charge in [0.15, 0.2) is 11.6 Å². The highest BCUT2D eigenvalue weighted by atomic mass is 16.5. The number of rotatable bonds is 4. The lowest BCUT2D eigenvalue weighted by Gasteiger charge is -2.33. The second-order valence-corrected chi connectivity index (χ2v) is 7.57. The van der Waals surface area contributed by atoms with E-state index in [2.05, 4.69) is 37.4 Å². The Hall–Kier alpha value is -1.89. The number of ether oxygens (including phenoxy) is 1. The summed E-state index contributed by atoms with van der Waals surface area (Å²) in [6.45, 7) is 4.68. The number of aromatic nitrogens is 2. The van der Waals surface area contributed by atoms with Gasteiger partial charge in [0.05, 0.1) is 0 Å². The van der Waals surface area contributed by atoms with Crippen molar-refractivity contribution in [2.45, 2.75) is 57.1 Å². The zero-order chi connectivity index (χ0) is 17.8. The number of anilines is 2. The summed E-state index contributed by atoms with van der Waals surface area (Å²) in [6, 6.07) is 4.42. The fourth-order valence-electron chi connectivity index (χ4n) is 4.11. The quantitative estimate of drug-likeness (QED) is 0.883. The Morgan fingerprint density at radius 1 is 0.923 bits per heavy atom.